The molecule has 1 aromatic carbocycles. The summed E-state index contributed by atoms with van der Waals surface area (Å²) in [6.45, 7) is 6.12. The minimum absolute atomic E-state index is 0.204. The van der Waals surface area contributed by atoms with Crippen molar-refractivity contribution in [3.05, 3.63) is 40.2 Å². The first-order chi connectivity index (χ1) is 16.9. The summed E-state index contributed by atoms with van der Waals surface area (Å²) < 4.78 is 33.1. The van der Waals surface area contributed by atoms with Gasteiger partial charge in [0.1, 0.15) is 30.1 Å². The van der Waals surface area contributed by atoms with Crippen LogP contribution in [-0.2, 0) is 38.1 Å². The standard InChI is InChI=1S/C24H27NO11/c1-11-8-20(30)35-18-9-16(6-7-17(11)18)34-24-21(25-12(2)26)23(33-15(5)29)22(32-14(4)28)19(36-24)10-31-13(3)27/h6-9,19,21-24H,10H2,1-5H3,(H,25,26)/t19-,21+,22+,23+,24-/m1/s1. The van der Waals surface area contributed by atoms with Crippen molar-refractivity contribution < 1.29 is 47.3 Å². The zero-order valence-electron chi connectivity index (χ0n) is 20.4. The highest BCUT2D eigenvalue weighted by Gasteiger charge is 2.52. The summed E-state index contributed by atoms with van der Waals surface area (Å²) in [5.74, 6) is -2.35. The average Bonchev–Trinajstić information content (AvgIpc) is 2.75. The molecule has 1 aliphatic heterocycles. The fraction of sp³-hybridized carbons (Fsp3) is 0.458. The van der Waals surface area contributed by atoms with Gasteiger partial charge < -0.3 is 33.4 Å². The van der Waals surface area contributed by atoms with E-state index in [1.165, 1.54) is 26.0 Å². The number of carbonyl (C=O) groups excluding carboxylic acids is 4. The van der Waals surface area contributed by atoms with E-state index in [1.807, 2.05) is 0 Å². The lowest BCUT2D eigenvalue weighted by molar-refractivity contribution is -0.257. The molecule has 2 aromatic rings. The maximum atomic E-state index is 12.0. The van der Waals surface area contributed by atoms with E-state index in [0.29, 0.717) is 10.9 Å². The molecule has 1 saturated heterocycles. The van der Waals surface area contributed by atoms with Gasteiger partial charge in [0.2, 0.25) is 12.2 Å². The number of fused-ring (bicyclic) bond motifs is 1. The van der Waals surface area contributed by atoms with Crippen LogP contribution < -0.4 is 15.7 Å². The first kappa shape index (κ1) is 26.7. The zero-order valence-corrected chi connectivity index (χ0v) is 20.4. The van der Waals surface area contributed by atoms with Crippen LogP contribution in [-0.4, -0.2) is 61.1 Å². The largest absolute Gasteiger partial charge is 0.463 e. The Bertz CT molecular complexity index is 1220. The molecule has 12 nitrogen and oxygen atoms in total. The Kier molecular flexibility index (Phi) is 8.30. The molecule has 1 fully saturated rings. The summed E-state index contributed by atoms with van der Waals surface area (Å²) in [7, 11) is 0. The molecule has 2 heterocycles. The van der Waals surface area contributed by atoms with Crippen molar-refractivity contribution in [3.63, 3.8) is 0 Å². The van der Waals surface area contributed by atoms with Crippen LogP contribution in [0.2, 0.25) is 0 Å². The quantitative estimate of drug-likeness (QED) is 0.327. The van der Waals surface area contributed by atoms with E-state index >= 15 is 0 Å². The van der Waals surface area contributed by atoms with Crippen LogP contribution >= 0.6 is 0 Å². The van der Waals surface area contributed by atoms with Crippen molar-refractivity contribution in [1.29, 1.82) is 0 Å². The van der Waals surface area contributed by atoms with Crippen molar-refractivity contribution in [2.24, 2.45) is 0 Å². The Labute approximate surface area is 205 Å². The molecule has 0 spiro atoms. The third kappa shape index (κ3) is 6.60. The van der Waals surface area contributed by atoms with E-state index in [4.69, 9.17) is 28.1 Å². The minimum atomic E-state index is -1.29. The highest BCUT2D eigenvalue weighted by Crippen LogP contribution is 2.30. The van der Waals surface area contributed by atoms with Gasteiger partial charge in [-0.25, -0.2) is 4.79 Å². The van der Waals surface area contributed by atoms with E-state index in [-0.39, 0.29) is 17.9 Å². The number of amides is 1. The molecule has 0 radical (unpaired) electrons. The van der Waals surface area contributed by atoms with Gasteiger partial charge in [-0.2, -0.15) is 0 Å². The van der Waals surface area contributed by atoms with Gasteiger partial charge in [-0.3, -0.25) is 19.2 Å². The van der Waals surface area contributed by atoms with Gasteiger partial charge in [0.15, 0.2) is 12.2 Å². The summed E-state index contributed by atoms with van der Waals surface area (Å²) in [6, 6.07) is 4.98. The number of esters is 3. The predicted octanol–water partition coefficient (Wildman–Crippen LogP) is 1.14. The second-order valence-electron chi connectivity index (χ2n) is 8.24. The fourth-order valence-corrected chi connectivity index (χ4v) is 3.90. The molecular formula is C24H27NO11. The number of rotatable bonds is 7. The van der Waals surface area contributed by atoms with Crippen LogP contribution in [0.4, 0.5) is 0 Å². The van der Waals surface area contributed by atoms with E-state index in [0.717, 1.165) is 13.8 Å². The van der Waals surface area contributed by atoms with Crippen LogP contribution in [0.25, 0.3) is 11.0 Å². The van der Waals surface area contributed by atoms with E-state index in [1.54, 1.807) is 19.1 Å². The molecule has 3 rings (SSSR count). The number of carbonyl (C=O) groups is 4. The lowest BCUT2D eigenvalue weighted by Gasteiger charge is -2.44. The fourth-order valence-electron chi connectivity index (χ4n) is 3.90. The molecule has 194 valence electrons. The lowest BCUT2D eigenvalue weighted by Crippen LogP contribution is -2.67. The molecule has 5 atom stereocenters. The van der Waals surface area contributed by atoms with Gasteiger partial charge in [0, 0.05) is 45.2 Å². The maximum Gasteiger partial charge on any atom is 0.336 e. The minimum Gasteiger partial charge on any atom is -0.463 e. The Morgan fingerprint density at radius 1 is 0.944 bits per heavy atom. The van der Waals surface area contributed by atoms with Crippen molar-refractivity contribution >= 4 is 34.8 Å². The number of benzene rings is 1. The van der Waals surface area contributed by atoms with Crippen molar-refractivity contribution in [2.75, 3.05) is 6.61 Å². The summed E-state index contributed by atoms with van der Waals surface area (Å²) >= 11 is 0. The third-order valence-electron chi connectivity index (χ3n) is 5.25. The SMILES string of the molecule is CC(=O)N[C@@H]1[C@H](Oc2ccc3c(C)cc(=O)oc3c2)O[C@H](COC(C)=O)[C@H](OC(C)=O)[C@H]1OC(C)=O. The van der Waals surface area contributed by atoms with Gasteiger partial charge in [0.05, 0.1) is 0 Å². The monoisotopic (exact) mass is 505 g/mol. The molecule has 0 saturated carbocycles. The number of hydrogen-bond donors (Lipinski definition) is 1. The van der Waals surface area contributed by atoms with Crippen molar-refractivity contribution in [1.82, 2.24) is 5.32 Å². The average molecular weight is 505 g/mol. The number of ether oxygens (including phenoxy) is 5. The topological polar surface area (TPSA) is 157 Å². The summed E-state index contributed by atoms with van der Waals surface area (Å²) in [6.07, 6.45) is -4.90. The van der Waals surface area contributed by atoms with E-state index in [9.17, 15) is 24.0 Å². The van der Waals surface area contributed by atoms with Crippen LogP contribution in [0.3, 0.4) is 0 Å². The highest BCUT2D eigenvalue weighted by atomic mass is 16.7. The molecule has 0 unspecified atom stereocenters. The van der Waals surface area contributed by atoms with Crippen molar-refractivity contribution in [3.8, 4) is 5.75 Å². The predicted molar refractivity (Wildman–Crippen MR) is 122 cm³/mol. The second-order valence-corrected chi connectivity index (χ2v) is 8.24. The lowest BCUT2D eigenvalue weighted by atomic mass is 9.96. The molecule has 0 bridgehead atoms. The maximum absolute atomic E-state index is 12.0. The first-order valence-electron chi connectivity index (χ1n) is 11.1. The van der Waals surface area contributed by atoms with Gasteiger partial charge in [-0.15, -0.1) is 0 Å². The molecule has 1 amide bonds. The van der Waals surface area contributed by atoms with Gasteiger partial charge in [-0.05, 0) is 24.6 Å². The smallest absolute Gasteiger partial charge is 0.336 e. The van der Waals surface area contributed by atoms with E-state index in [2.05, 4.69) is 5.32 Å². The molecular weight excluding hydrogens is 478 g/mol. The Hall–Kier alpha value is -3.93. The van der Waals surface area contributed by atoms with E-state index < -0.39 is 60.1 Å². The number of aryl methyl sites for hydroxylation is 1. The molecule has 1 N–H and O–H groups in total. The normalized spacial score (nSPS) is 23.4. The summed E-state index contributed by atoms with van der Waals surface area (Å²) in [5.41, 5.74) is 0.427. The molecule has 12 heteroatoms. The van der Waals surface area contributed by atoms with Gasteiger partial charge >= 0.3 is 23.5 Å². The summed E-state index contributed by atoms with van der Waals surface area (Å²) in [4.78, 5) is 59.0. The van der Waals surface area contributed by atoms with Crippen LogP contribution in [0.1, 0.15) is 33.3 Å². The van der Waals surface area contributed by atoms with Crippen LogP contribution in [0.15, 0.2) is 33.5 Å². The zero-order chi connectivity index (χ0) is 26.6. The number of hydrogen-bond acceptors (Lipinski definition) is 11. The van der Waals surface area contributed by atoms with Gasteiger partial charge in [0.25, 0.3) is 0 Å². The molecule has 0 aliphatic carbocycles. The summed E-state index contributed by atoms with van der Waals surface area (Å²) in [5, 5.41) is 3.30. The molecule has 36 heavy (non-hydrogen) atoms. The highest BCUT2D eigenvalue weighted by molar-refractivity contribution is 5.81. The van der Waals surface area contributed by atoms with Crippen molar-refractivity contribution in [2.45, 2.75) is 65.3 Å². The Morgan fingerprint density at radius 2 is 1.61 bits per heavy atom. The first-order valence-corrected chi connectivity index (χ1v) is 11.1. The molecule has 1 aliphatic rings. The Morgan fingerprint density at radius 3 is 2.22 bits per heavy atom. The van der Waals surface area contributed by atoms with Gasteiger partial charge in [-0.1, -0.05) is 0 Å². The second kappa shape index (κ2) is 11.2. The Balaban J connectivity index is 2.02. The number of nitrogens with one attached hydrogen (secondary N) is 1. The molecule has 1 aromatic heterocycles. The third-order valence-corrected chi connectivity index (χ3v) is 5.25. The van der Waals surface area contributed by atoms with Crippen LogP contribution in [0.5, 0.6) is 5.75 Å². The van der Waals surface area contributed by atoms with Crippen LogP contribution in [0, 0.1) is 6.92 Å².